The van der Waals surface area contributed by atoms with Gasteiger partial charge in [0.25, 0.3) is 0 Å². The van der Waals surface area contributed by atoms with Gasteiger partial charge >= 0.3 is 5.97 Å². The third kappa shape index (κ3) is 4.52. The number of hydrogen-bond donors (Lipinski definition) is 1. The molecule has 3 heterocycles. The molecule has 1 N–H and O–H groups in total. The number of imidazole rings is 1. The largest absolute Gasteiger partial charge is 0.477 e. The number of carboxylic acid groups (broad SMARTS) is 1. The Balaban J connectivity index is 1.53. The standard InChI is InChI=1S/C26H23N3O4S2/c1-17-13-19(28-12-10-27-16-28)5-8-21(17)22-14-24-23(15-25(34-24)26(30)31)29(22)11-9-18-3-6-20(7-4-18)35(2,32)33/h3-8,10,12-16H,9,11H2,1-2H3,(H,30,31). The van der Waals surface area contributed by atoms with Gasteiger partial charge in [-0.1, -0.05) is 18.2 Å². The van der Waals surface area contributed by atoms with Crippen LogP contribution in [0, 0.1) is 6.92 Å². The number of carbonyl (C=O) groups is 1. The molecule has 0 amide bonds. The third-order valence-electron chi connectivity index (χ3n) is 6.06. The van der Waals surface area contributed by atoms with Crippen molar-refractivity contribution in [2.75, 3.05) is 6.26 Å². The van der Waals surface area contributed by atoms with Crippen LogP contribution in [0.25, 0.3) is 27.2 Å². The summed E-state index contributed by atoms with van der Waals surface area (Å²) < 4.78 is 28.6. The second-order valence-electron chi connectivity index (χ2n) is 8.48. The molecule has 0 radical (unpaired) electrons. The second-order valence-corrected chi connectivity index (χ2v) is 11.6. The lowest BCUT2D eigenvalue weighted by molar-refractivity contribution is 0.0702. The summed E-state index contributed by atoms with van der Waals surface area (Å²) in [6.45, 7) is 2.68. The highest BCUT2D eigenvalue weighted by Crippen LogP contribution is 2.36. The molecule has 0 aliphatic rings. The Hall–Kier alpha value is -3.69. The van der Waals surface area contributed by atoms with Gasteiger partial charge in [-0.05, 0) is 60.9 Å². The lowest BCUT2D eigenvalue weighted by Gasteiger charge is -2.14. The summed E-state index contributed by atoms with van der Waals surface area (Å²) in [6.07, 6.45) is 7.27. The van der Waals surface area contributed by atoms with E-state index >= 15 is 0 Å². The lowest BCUT2D eigenvalue weighted by Crippen LogP contribution is -2.05. The van der Waals surface area contributed by atoms with E-state index in [-0.39, 0.29) is 0 Å². The predicted molar refractivity (Wildman–Crippen MR) is 137 cm³/mol. The van der Waals surface area contributed by atoms with Crippen molar-refractivity contribution in [2.24, 2.45) is 0 Å². The van der Waals surface area contributed by atoms with E-state index in [0.717, 1.165) is 38.3 Å². The second kappa shape index (κ2) is 8.83. The first-order valence-electron chi connectivity index (χ1n) is 11.0. The number of benzene rings is 2. The van der Waals surface area contributed by atoms with Crippen molar-refractivity contribution in [3.05, 3.63) is 89.3 Å². The lowest BCUT2D eigenvalue weighted by atomic mass is 10.0. The van der Waals surface area contributed by atoms with Gasteiger partial charge in [0.1, 0.15) is 4.88 Å². The maximum Gasteiger partial charge on any atom is 0.345 e. The number of aromatic carboxylic acids is 1. The number of carboxylic acids is 1. The van der Waals surface area contributed by atoms with Crippen LogP contribution in [0.2, 0.25) is 0 Å². The number of fused-ring (bicyclic) bond motifs is 1. The summed E-state index contributed by atoms with van der Waals surface area (Å²) >= 11 is 1.27. The molecule has 0 spiro atoms. The van der Waals surface area contributed by atoms with Gasteiger partial charge in [0, 0.05) is 36.4 Å². The van der Waals surface area contributed by atoms with Gasteiger partial charge in [-0.2, -0.15) is 0 Å². The van der Waals surface area contributed by atoms with Crippen molar-refractivity contribution in [3.63, 3.8) is 0 Å². The van der Waals surface area contributed by atoms with E-state index in [9.17, 15) is 18.3 Å². The minimum atomic E-state index is -3.24. The maximum atomic E-state index is 11.8. The molecule has 7 nitrogen and oxygen atoms in total. The zero-order valence-corrected chi connectivity index (χ0v) is 20.8. The molecule has 0 fully saturated rings. The van der Waals surface area contributed by atoms with Gasteiger partial charge in [-0.15, -0.1) is 11.3 Å². The average Bonchev–Trinajstić information content (AvgIpc) is 3.54. The highest BCUT2D eigenvalue weighted by atomic mass is 32.2. The van der Waals surface area contributed by atoms with Crippen molar-refractivity contribution in [3.8, 4) is 16.9 Å². The fourth-order valence-corrected chi connectivity index (χ4v) is 5.83. The van der Waals surface area contributed by atoms with Crippen LogP contribution < -0.4 is 0 Å². The molecule has 0 atom stereocenters. The summed E-state index contributed by atoms with van der Waals surface area (Å²) in [7, 11) is -3.24. The van der Waals surface area contributed by atoms with E-state index < -0.39 is 15.8 Å². The highest BCUT2D eigenvalue weighted by molar-refractivity contribution is 7.90. The van der Waals surface area contributed by atoms with Crippen LogP contribution >= 0.6 is 11.3 Å². The Morgan fingerprint density at radius 1 is 1.09 bits per heavy atom. The van der Waals surface area contributed by atoms with E-state index in [2.05, 4.69) is 34.7 Å². The first-order chi connectivity index (χ1) is 16.7. The quantitative estimate of drug-likeness (QED) is 0.328. The number of rotatable bonds is 7. The van der Waals surface area contributed by atoms with Crippen LogP contribution in [0.15, 0.2) is 78.2 Å². The summed E-state index contributed by atoms with van der Waals surface area (Å²) in [5.41, 5.74) is 6.09. The predicted octanol–water partition coefficient (Wildman–Crippen LogP) is 5.21. The molecular weight excluding hydrogens is 482 g/mol. The Morgan fingerprint density at radius 2 is 1.86 bits per heavy atom. The molecular formula is C26H23N3O4S2. The molecule has 3 aromatic heterocycles. The smallest absolute Gasteiger partial charge is 0.345 e. The third-order valence-corrected chi connectivity index (χ3v) is 8.25. The number of thiophene rings is 1. The zero-order valence-electron chi connectivity index (χ0n) is 19.2. The first-order valence-corrected chi connectivity index (χ1v) is 13.7. The van der Waals surface area contributed by atoms with E-state index in [0.29, 0.717) is 22.7 Å². The molecule has 0 unspecified atom stereocenters. The number of hydrogen-bond acceptors (Lipinski definition) is 5. The molecule has 0 bridgehead atoms. The van der Waals surface area contributed by atoms with Crippen LogP contribution in [-0.2, 0) is 22.8 Å². The molecule has 0 aliphatic heterocycles. The Labute approximate surface area is 206 Å². The van der Waals surface area contributed by atoms with Gasteiger partial charge in [0.15, 0.2) is 9.84 Å². The maximum absolute atomic E-state index is 11.8. The SMILES string of the molecule is Cc1cc(-n2ccnc2)ccc1-c1cc2sc(C(=O)O)cc2n1CCc1ccc(S(C)(=O)=O)cc1. The van der Waals surface area contributed by atoms with E-state index in [1.54, 1.807) is 30.7 Å². The zero-order chi connectivity index (χ0) is 24.7. The Kier molecular flexibility index (Phi) is 5.82. The fraction of sp³-hybridized carbons (Fsp3) is 0.154. The van der Waals surface area contributed by atoms with Gasteiger partial charge in [0.2, 0.25) is 0 Å². The van der Waals surface area contributed by atoms with Crippen molar-refractivity contribution in [1.29, 1.82) is 0 Å². The molecule has 178 valence electrons. The van der Waals surface area contributed by atoms with E-state index in [1.807, 2.05) is 29.0 Å². The van der Waals surface area contributed by atoms with Crippen molar-refractivity contribution < 1.29 is 18.3 Å². The van der Waals surface area contributed by atoms with Crippen molar-refractivity contribution in [2.45, 2.75) is 24.8 Å². The molecule has 0 saturated heterocycles. The number of sulfone groups is 1. The van der Waals surface area contributed by atoms with Crippen LogP contribution in [0.4, 0.5) is 0 Å². The minimum absolute atomic E-state index is 0.294. The molecule has 5 aromatic rings. The van der Waals surface area contributed by atoms with Gasteiger partial charge < -0.3 is 14.2 Å². The van der Waals surface area contributed by atoms with E-state index in [1.165, 1.54) is 17.6 Å². The fourth-order valence-electron chi connectivity index (χ4n) is 4.26. The van der Waals surface area contributed by atoms with Crippen molar-refractivity contribution in [1.82, 2.24) is 14.1 Å². The summed E-state index contributed by atoms with van der Waals surface area (Å²) in [4.78, 5) is 16.3. The topological polar surface area (TPSA) is 94.2 Å². The number of aryl methyl sites for hydroxylation is 3. The van der Waals surface area contributed by atoms with Gasteiger partial charge in [0.05, 0.1) is 27.1 Å². The molecule has 0 aliphatic carbocycles. The normalized spacial score (nSPS) is 11.8. The Bertz CT molecular complexity index is 1640. The molecule has 0 saturated carbocycles. The minimum Gasteiger partial charge on any atom is -0.477 e. The van der Waals surface area contributed by atoms with Gasteiger partial charge in [-0.3, -0.25) is 0 Å². The van der Waals surface area contributed by atoms with Gasteiger partial charge in [-0.25, -0.2) is 18.2 Å². The van der Waals surface area contributed by atoms with Crippen molar-refractivity contribution >= 4 is 37.4 Å². The van der Waals surface area contributed by atoms with Crippen LogP contribution in [0.1, 0.15) is 20.8 Å². The molecule has 5 rings (SSSR count). The molecule has 2 aromatic carbocycles. The van der Waals surface area contributed by atoms with Crippen LogP contribution in [0.5, 0.6) is 0 Å². The molecule has 9 heteroatoms. The summed E-state index contributed by atoms with van der Waals surface area (Å²) in [5.74, 6) is -0.934. The Morgan fingerprint density at radius 3 is 2.49 bits per heavy atom. The molecule has 35 heavy (non-hydrogen) atoms. The number of aromatic nitrogens is 3. The number of nitrogens with zero attached hydrogens (tertiary/aromatic N) is 3. The van der Waals surface area contributed by atoms with Crippen LogP contribution in [0.3, 0.4) is 0 Å². The average molecular weight is 506 g/mol. The summed E-state index contributed by atoms with van der Waals surface area (Å²) in [6, 6.07) is 16.9. The monoisotopic (exact) mass is 505 g/mol. The van der Waals surface area contributed by atoms with Crippen LogP contribution in [-0.4, -0.2) is 39.9 Å². The van der Waals surface area contributed by atoms with E-state index in [4.69, 9.17) is 0 Å². The summed E-state index contributed by atoms with van der Waals surface area (Å²) in [5, 5.41) is 9.49. The first kappa shape index (κ1) is 23.1. The highest BCUT2D eigenvalue weighted by Gasteiger charge is 2.18.